The number of hydrogen-bond acceptors (Lipinski definition) is 3. The van der Waals surface area contributed by atoms with Gasteiger partial charge in [-0.25, -0.2) is 0 Å². The molecule has 6 heteroatoms. The molecule has 76 valence electrons. The Hall–Kier alpha value is -1.30. The van der Waals surface area contributed by atoms with Crippen molar-refractivity contribution in [2.45, 2.75) is 0 Å². The van der Waals surface area contributed by atoms with E-state index in [-0.39, 0.29) is 12.3 Å². The molecule has 0 aliphatic rings. The molecule has 1 heterocycles. The number of likely N-dealkylation sites (N-methyl/N-ethyl adjacent to an activating group) is 1. The Morgan fingerprint density at radius 1 is 1.64 bits per heavy atom. The zero-order valence-electron chi connectivity index (χ0n) is 7.36. The number of carboxylic acid groups (broad SMARTS) is 1. The maximum atomic E-state index is 11.5. The van der Waals surface area contributed by atoms with Crippen LogP contribution in [0.4, 0.5) is 0 Å². The van der Waals surface area contributed by atoms with Gasteiger partial charge >= 0.3 is 5.97 Å². The van der Waals surface area contributed by atoms with E-state index in [2.05, 4.69) is 15.9 Å². The molecule has 0 bridgehead atoms. The summed E-state index contributed by atoms with van der Waals surface area (Å²) in [5.41, 5.74) is 0. The van der Waals surface area contributed by atoms with E-state index < -0.39 is 11.9 Å². The highest BCUT2D eigenvalue weighted by Crippen LogP contribution is 2.18. The van der Waals surface area contributed by atoms with Gasteiger partial charge in [0, 0.05) is 7.05 Å². The molecule has 1 amide bonds. The summed E-state index contributed by atoms with van der Waals surface area (Å²) in [6, 6.07) is 1.57. The van der Waals surface area contributed by atoms with E-state index in [0.717, 1.165) is 4.90 Å². The molecule has 1 aromatic rings. The Balaban J connectivity index is 2.76. The third-order valence-corrected chi connectivity index (χ3v) is 2.16. The molecule has 1 aromatic heterocycles. The van der Waals surface area contributed by atoms with Crippen LogP contribution in [0.15, 0.2) is 21.2 Å². The highest BCUT2D eigenvalue weighted by Gasteiger charge is 2.19. The van der Waals surface area contributed by atoms with Crippen molar-refractivity contribution in [3.05, 3.63) is 22.6 Å². The lowest BCUT2D eigenvalue weighted by molar-refractivity contribution is -0.137. The van der Waals surface area contributed by atoms with E-state index in [4.69, 9.17) is 9.52 Å². The van der Waals surface area contributed by atoms with Crippen molar-refractivity contribution in [3.8, 4) is 0 Å². The van der Waals surface area contributed by atoms with Gasteiger partial charge in [0.05, 0.1) is 10.7 Å². The van der Waals surface area contributed by atoms with Gasteiger partial charge in [0.1, 0.15) is 6.54 Å². The van der Waals surface area contributed by atoms with Crippen LogP contribution in [0.3, 0.4) is 0 Å². The first-order chi connectivity index (χ1) is 6.52. The fourth-order valence-corrected chi connectivity index (χ4v) is 1.27. The van der Waals surface area contributed by atoms with Gasteiger partial charge in [0.15, 0.2) is 0 Å². The van der Waals surface area contributed by atoms with Gasteiger partial charge in [-0.15, -0.1) is 0 Å². The minimum Gasteiger partial charge on any atom is -0.480 e. The van der Waals surface area contributed by atoms with Crippen LogP contribution in [-0.4, -0.2) is 35.5 Å². The Bertz CT molecular complexity index is 360. The zero-order chi connectivity index (χ0) is 10.7. The third-order valence-electron chi connectivity index (χ3n) is 1.53. The summed E-state index contributed by atoms with van der Waals surface area (Å²) in [6.45, 7) is -0.355. The number of carboxylic acids is 1. The highest BCUT2D eigenvalue weighted by molar-refractivity contribution is 9.10. The fourth-order valence-electron chi connectivity index (χ4n) is 0.894. The van der Waals surface area contributed by atoms with E-state index in [1.54, 1.807) is 6.07 Å². The van der Waals surface area contributed by atoms with E-state index in [9.17, 15) is 9.59 Å². The van der Waals surface area contributed by atoms with Crippen LogP contribution in [0.5, 0.6) is 0 Å². The van der Waals surface area contributed by atoms with Crippen LogP contribution in [0.1, 0.15) is 10.6 Å². The third kappa shape index (κ3) is 2.35. The first kappa shape index (κ1) is 10.8. The second-order valence-corrected chi connectivity index (χ2v) is 3.51. The SMILES string of the molecule is CN(CC(=O)O)C(=O)c1occc1Br. The molecule has 0 atom stereocenters. The van der Waals surface area contributed by atoms with Crippen molar-refractivity contribution in [2.75, 3.05) is 13.6 Å². The second kappa shape index (κ2) is 4.28. The quantitative estimate of drug-likeness (QED) is 0.888. The Kier molecular flexibility index (Phi) is 3.29. The molecular weight excluding hydrogens is 254 g/mol. The fraction of sp³-hybridized carbons (Fsp3) is 0.250. The van der Waals surface area contributed by atoms with Crippen LogP contribution >= 0.6 is 15.9 Å². The van der Waals surface area contributed by atoms with Crippen molar-refractivity contribution in [1.82, 2.24) is 4.90 Å². The molecule has 0 aliphatic carbocycles. The lowest BCUT2D eigenvalue weighted by atomic mass is 10.4. The van der Waals surface area contributed by atoms with Crippen LogP contribution in [-0.2, 0) is 4.79 Å². The van der Waals surface area contributed by atoms with Gasteiger partial charge in [-0.05, 0) is 22.0 Å². The van der Waals surface area contributed by atoms with Gasteiger partial charge in [-0.1, -0.05) is 0 Å². The van der Waals surface area contributed by atoms with E-state index in [1.807, 2.05) is 0 Å². The zero-order valence-corrected chi connectivity index (χ0v) is 8.94. The standard InChI is InChI=1S/C8H8BrNO4/c1-10(4-6(11)12)8(13)7-5(9)2-3-14-7/h2-3H,4H2,1H3,(H,11,12). The molecule has 0 spiro atoms. The van der Waals surface area contributed by atoms with Crippen LogP contribution in [0.2, 0.25) is 0 Å². The van der Waals surface area contributed by atoms with E-state index >= 15 is 0 Å². The maximum absolute atomic E-state index is 11.5. The number of carbonyl (C=O) groups excluding carboxylic acids is 1. The first-order valence-electron chi connectivity index (χ1n) is 3.72. The molecule has 0 fully saturated rings. The molecule has 0 aromatic carbocycles. The molecule has 5 nitrogen and oxygen atoms in total. The van der Waals surface area contributed by atoms with Crippen molar-refractivity contribution in [3.63, 3.8) is 0 Å². The number of hydrogen-bond donors (Lipinski definition) is 1. The van der Waals surface area contributed by atoms with Gasteiger partial charge in [-0.3, -0.25) is 9.59 Å². The Labute approximate surface area is 88.4 Å². The minimum atomic E-state index is -1.07. The van der Waals surface area contributed by atoms with Crippen molar-refractivity contribution in [2.24, 2.45) is 0 Å². The van der Waals surface area contributed by atoms with Gasteiger partial charge in [0.25, 0.3) is 5.91 Å². The Morgan fingerprint density at radius 2 is 2.29 bits per heavy atom. The van der Waals surface area contributed by atoms with E-state index in [1.165, 1.54) is 13.3 Å². The Morgan fingerprint density at radius 3 is 2.71 bits per heavy atom. The molecule has 14 heavy (non-hydrogen) atoms. The number of furan rings is 1. The summed E-state index contributed by atoms with van der Waals surface area (Å²) in [5.74, 6) is -1.43. The number of rotatable bonds is 3. The predicted molar refractivity (Wildman–Crippen MR) is 51.0 cm³/mol. The number of carbonyl (C=O) groups is 2. The van der Waals surface area contributed by atoms with Crippen molar-refractivity contribution in [1.29, 1.82) is 0 Å². The number of halogens is 1. The summed E-state index contributed by atoms with van der Waals surface area (Å²) in [4.78, 5) is 22.9. The van der Waals surface area contributed by atoms with Crippen LogP contribution in [0.25, 0.3) is 0 Å². The molecule has 1 N–H and O–H groups in total. The lowest BCUT2D eigenvalue weighted by Gasteiger charge is -2.12. The molecule has 0 radical (unpaired) electrons. The minimum absolute atomic E-state index is 0.105. The molecular formula is C8H8BrNO4. The summed E-state index contributed by atoms with van der Waals surface area (Å²) < 4.78 is 5.41. The summed E-state index contributed by atoms with van der Waals surface area (Å²) >= 11 is 3.11. The van der Waals surface area contributed by atoms with E-state index in [0.29, 0.717) is 4.47 Å². The summed E-state index contributed by atoms with van der Waals surface area (Å²) in [5, 5.41) is 8.46. The molecule has 1 rings (SSSR count). The summed E-state index contributed by atoms with van der Waals surface area (Å²) in [7, 11) is 1.39. The van der Waals surface area contributed by atoms with Crippen molar-refractivity contribution >= 4 is 27.8 Å². The molecule has 0 saturated heterocycles. The normalized spacial score (nSPS) is 9.86. The topological polar surface area (TPSA) is 70.8 Å². The molecule has 0 aliphatic heterocycles. The van der Waals surface area contributed by atoms with Gasteiger partial charge < -0.3 is 14.4 Å². The monoisotopic (exact) mass is 261 g/mol. The average Bonchev–Trinajstić information content (AvgIpc) is 2.48. The van der Waals surface area contributed by atoms with Crippen LogP contribution in [0, 0.1) is 0 Å². The number of aliphatic carboxylic acids is 1. The molecule has 0 unspecified atom stereocenters. The lowest BCUT2D eigenvalue weighted by Crippen LogP contribution is -2.31. The number of nitrogens with zero attached hydrogens (tertiary/aromatic N) is 1. The smallest absolute Gasteiger partial charge is 0.323 e. The molecule has 0 saturated carbocycles. The largest absolute Gasteiger partial charge is 0.480 e. The van der Waals surface area contributed by atoms with Gasteiger partial charge in [-0.2, -0.15) is 0 Å². The maximum Gasteiger partial charge on any atom is 0.323 e. The summed E-state index contributed by atoms with van der Waals surface area (Å²) in [6.07, 6.45) is 1.35. The second-order valence-electron chi connectivity index (χ2n) is 2.65. The highest BCUT2D eigenvalue weighted by atomic mass is 79.9. The van der Waals surface area contributed by atoms with Crippen molar-refractivity contribution < 1.29 is 19.1 Å². The first-order valence-corrected chi connectivity index (χ1v) is 4.52. The van der Waals surface area contributed by atoms with Crippen LogP contribution < -0.4 is 0 Å². The predicted octanol–water partition coefficient (Wildman–Crippen LogP) is 1.20. The average molecular weight is 262 g/mol. The van der Waals surface area contributed by atoms with Gasteiger partial charge in [0.2, 0.25) is 5.76 Å². The number of amides is 1.